The predicted molar refractivity (Wildman–Crippen MR) is 130 cm³/mol. The quantitative estimate of drug-likeness (QED) is 0.631. The third-order valence-electron chi connectivity index (χ3n) is 6.65. The maximum atomic E-state index is 13.6. The topological polar surface area (TPSA) is 130 Å². The highest BCUT2D eigenvalue weighted by Crippen LogP contribution is 2.30. The number of anilines is 1. The van der Waals surface area contributed by atoms with Crippen molar-refractivity contribution in [1.82, 2.24) is 9.80 Å². The van der Waals surface area contributed by atoms with Crippen molar-refractivity contribution in [2.45, 2.75) is 43.0 Å². The van der Waals surface area contributed by atoms with Crippen LogP contribution < -0.4 is 10.5 Å². The molecule has 10 heteroatoms. The molecule has 186 valence electrons. The second-order valence-corrected chi connectivity index (χ2v) is 10.6. The van der Waals surface area contributed by atoms with Gasteiger partial charge in [0.2, 0.25) is 27.7 Å². The van der Waals surface area contributed by atoms with Gasteiger partial charge in [0.15, 0.2) is 0 Å². The lowest BCUT2D eigenvalue weighted by Crippen LogP contribution is -2.49. The van der Waals surface area contributed by atoms with Crippen LogP contribution in [0.3, 0.4) is 0 Å². The summed E-state index contributed by atoms with van der Waals surface area (Å²) in [7, 11) is -3.80. The minimum Gasteiger partial charge on any atom is -0.341 e. The molecule has 0 bridgehead atoms. The van der Waals surface area contributed by atoms with Crippen LogP contribution >= 0.6 is 0 Å². The van der Waals surface area contributed by atoms with Crippen LogP contribution in [0, 0.1) is 5.92 Å². The monoisotopic (exact) mass is 498 g/mol. The minimum absolute atomic E-state index is 0.00108. The second kappa shape index (κ2) is 10.6. The smallest absolute Gasteiger partial charge is 0.250 e. The zero-order chi connectivity index (χ0) is 25.0. The molecule has 1 unspecified atom stereocenters. The van der Waals surface area contributed by atoms with Crippen LogP contribution in [0.15, 0.2) is 59.5 Å². The van der Waals surface area contributed by atoms with E-state index < -0.39 is 16.1 Å². The molecule has 0 saturated carbocycles. The van der Waals surface area contributed by atoms with Gasteiger partial charge in [-0.2, -0.15) is 0 Å². The van der Waals surface area contributed by atoms with E-state index in [1.807, 2.05) is 30.3 Å². The van der Waals surface area contributed by atoms with Gasteiger partial charge in [0, 0.05) is 37.7 Å². The molecular formula is C25H30N4O5S. The lowest BCUT2D eigenvalue weighted by atomic mass is 9.94. The van der Waals surface area contributed by atoms with E-state index in [-0.39, 0.29) is 28.5 Å². The maximum absolute atomic E-state index is 13.6. The van der Waals surface area contributed by atoms with Gasteiger partial charge in [-0.1, -0.05) is 30.3 Å². The number of nitrogens with one attached hydrogen (secondary N) is 1. The van der Waals surface area contributed by atoms with Gasteiger partial charge in [-0.05, 0) is 55.5 Å². The number of nitrogens with zero attached hydrogens (tertiary/aromatic N) is 2. The van der Waals surface area contributed by atoms with Crippen LogP contribution in [0.1, 0.15) is 43.7 Å². The number of rotatable bonds is 6. The molecule has 0 radical (unpaired) electrons. The Morgan fingerprint density at radius 2 is 1.60 bits per heavy atom. The number of carbonyl (C=O) groups is 3. The van der Waals surface area contributed by atoms with Crippen molar-refractivity contribution in [2.24, 2.45) is 11.1 Å². The Bertz CT molecular complexity index is 1180. The van der Waals surface area contributed by atoms with Crippen molar-refractivity contribution in [1.29, 1.82) is 0 Å². The van der Waals surface area contributed by atoms with Gasteiger partial charge in [0.05, 0.1) is 4.90 Å². The first-order chi connectivity index (χ1) is 16.7. The second-order valence-electron chi connectivity index (χ2n) is 9.02. The summed E-state index contributed by atoms with van der Waals surface area (Å²) < 4.78 is 22.8. The van der Waals surface area contributed by atoms with Crippen LogP contribution in [0.5, 0.6) is 0 Å². The molecule has 0 spiro atoms. The Morgan fingerprint density at radius 1 is 0.943 bits per heavy atom. The molecular weight excluding hydrogens is 468 g/mol. The summed E-state index contributed by atoms with van der Waals surface area (Å²) in [5, 5.41) is 7.92. The van der Waals surface area contributed by atoms with Crippen molar-refractivity contribution in [3.8, 4) is 0 Å². The lowest BCUT2D eigenvalue weighted by molar-refractivity contribution is -0.149. The molecule has 2 aromatic rings. The summed E-state index contributed by atoms with van der Waals surface area (Å²) in [4.78, 5) is 42.4. The van der Waals surface area contributed by atoms with Crippen molar-refractivity contribution >= 4 is 33.4 Å². The van der Waals surface area contributed by atoms with Gasteiger partial charge in [0.25, 0.3) is 0 Å². The van der Waals surface area contributed by atoms with Crippen molar-refractivity contribution in [3.05, 3.63) is 60.2 Å². The summed E-state index contributed by atoms with van der Waals surface area (Å²) in [6.07, 6.45) is 3.18. The van der Waals surface area contributed by atoms with Crippen molar-refractivity contribution < 1.29 is 22.8 Å². The van der Waals surface area contributed by atoms with Crippen molar-refractivity contribution in [3.63, 3.8) is 0 Å². The maximum Gasteiger partial charge on any atom is 0.250 e. The number of hydrogen-bond acceptors (Lipinski definition) is 5. The van der Waals surface area contributed by atoms with E-state index in [0.717, 1.165) is 18.4 Å². The van der Waals surface area contributed by atoms with E-state index in [2.05, 4.69) is 5.32 Å². The van der Waals surface area contributed by atoms with E-state index in [0.29, 0.717) is 44.6 Å². The average Bonchev–Trinajstić information content (AvgIpc) is 2.86. The van der Waals surface area contributed by atoms with Crippen LogP contribution in [0.2, 0.25) is 0 Å². The summed E-state index contributed by atoms with van der Waals surface area (Å²) in [5.74, 6) is -0.555. The zero-order valence-electron chi connectivity index (χ0n) is 19.4. The van der Waals surface area contributed by atoms with E-state index in [4.69, 9.17) is 5.14 Å². The molecule has 9 nitrogen and oxygen atoms in total. The first-order valence-electron chi connectivity index (χ1n) is 11.8. The molecule has 2 aliphatic heterocycles. The number of nitrogens with two attached hydrogens (primary N) is 1. The molecule has 35 heavy (non-hydrogen) atoms. The Labute approximate surface area is 205 Å². The van der Waals surface area contributed by atoms with Crippen LogP contribution in [0.25, 0.3) is 0 Å². The van der Waals surface area contributed by atoms with E-state index in [9.17, 15) is 22.8 Å². The zero-order valence-corrected chi connectivity index (χ0v) is 20.2. The normalized spacial score (nSPS) is 18.3. The molecule has 3 N–H and O–H groups in total. The fourth-order valence-electron chi connectivity index (χ4n) is 4.70. The number of benzene rings is 2. The number of amides is 3. The molecule has 2 aromatic carbocycles. The van der Waals surface area contributed by atoms with Gasteiger partial charge < -0.3 is 15.1 Å². The first-order valence-corrected chi connectivity index (χ1v) is 13.4. The van der Waals surface area contributed by atoms with Gasteiger partial charge in [-0.25, -0.2) is 13.6 Å². The van der Waals surface area contributed by atoms with Crippen LogP contribution in [-0.4, -0.2) is 55.6 Å². The number of sulfonamides is 1. The van der Waals surface area contributed by atoms with E-state index >= 15 is 0 Å². The summed E-state index contributed by atoms with van der Waals surface area (Å²) in [6, 6.07) is 14.4. The lowest BCUT2D eigenvalue weighted by Gasteiger charge is -2.39. The van der Waals surface area contributed by atoms with Gasteiger partial charge in [-0.3, -0.25) is 14.4 Å². The van der Waals surface area contributed by atoms with Crippen molar-refractivity contribution in [2.75, 3.05) is 25.0 Å². The highest BCUT2D eigenvalue weighted by molar-refractivity contribution is 7.89. The molecule has 1 atom stereocenters. The number of hydrogen-bond donors (Lipinski definition) is 2. The summed E-state index contributed by atoms with van der Waals surface area (Å²) in [6.45, 7) is 1.41. The average molecular weight is 499 g/mol. The fourth-order valence-corrected chi connectivity index (χ4v) is 5.21. The molecule has 2 aliphatic rings. The summed E-state index contributed by atoms with van der Waals surface area (Å²) >= 11 is 0. The molecule has 2 heterocycles. The third-order valence-corrected chi connectivity index (χ3v) is 7.58. The van der Waals surface area contributed by atoms with Crippen LogP contribution in [-0.2, 0) is 24.4 Å². The molecule has 2 saturated heterocycles. The number of primary sulfonamides is 1. The summed E-state index contributed by atoms with van der Waals surface area (Å²) in [5.41, 5.74) is 1.28. The molecule has 4 rings (SSSR count). The molecule has 2 fully saturated rings. The minimum atomic E-state index is -3.80. The Balaban J connectivity index is 1.39. The molecule has 3 amide bonds. The Morgan fingerprint density at radius 3 is 2.20 bits per heavy atom. The third kappa shape index (κ3) is 5.88. The SMILES string of the molecule is NS(=O)(=O)c1ccc(NC(=O)C2CCN(C(=O)C(c3ccccc3)N3CCCCC3=O)CC2)cc1. The Hall–Kier alpha value is -3.24. The van der Waals surface area contributed by atoms with Gasteiger partial charge in [0.1, 0.15) is 6.04 Å². The Kier molecular flexibility index (Phi) is 7.51. The predicted octanol–water partition coefficient (Wildman–Crippen LogP) is 2.26. The highest BCUT2D eigenvalue weighted by Gasteiger charge is 2.37. The largest absolute Gasteiger partial charge is 0.341 e. The standard InChI is InChI=1S/C25H30N4O5S/c26-35(33,34)21-11-9-20(10-12-21)27-24(31)19-13-16-28(17-14-19)25(32)23(18-6-2-1-3-7-18)29-15-5-4-8-22(29)30/h1-3,6-7,9-12,19,23H,4-5,8,13-17H2,(H,27,31)(H2,26,33,34). The first kappa shape index (κ1) is 24.9. The highest BCUT2D eigenvalue weighted by atomic mass is 32.2. The fraction of sp³-hybridized carbons (Fsp3) is 0.400. The van der Waals surface area contributed by atoms with Crippen LogP contribution in [0.4, 0.5) is 5.69 Å². The van der Waals surface area contributed by atoms with E-state index in [1.165, 1.54) is 24.3 Å². The van der Waals surface area contributed by atoms with Gasteiger partial charge >= 0.3 is 0 Å². The number of likely N-dealkylation sites (tertiary alicyclic amines) is 2. The van der Waals surface area contributed by atoms with E-state index in [1.54, 1.807) is 9.80 Å². The molecule has 0 aliphatic carbocycles. The van der Waals surface area contributed by atoms with Gasteiger partial charge in [-0.15, -0.1) is 0 Å². The number of piperidine rings is 2. The molecule has 0 aromatic heterocycles. The number of carbonyl (C=O) groups excluding carboxylic acids is 3.